The molecule has 2 heterocycles. The summed E-state index contributed by atoms with van der Waals surface area (Å²) in [5.74, 6) is -0.287. The Kier molecular flexibility index (Phi) is 10.3. The maximum absolute atomic E-state index is 12.2. The molecule has 40 heavy (non-hydrogen) atoms. The monoisotopic (exact) mass is 538 g/mol. The number of pyridine rings is 2. The predicted octanol–water partition coefficient (Wildman–Crippen LogP) is 1.83. The molecule has 4 N–H and O–H groups in total. The Balaban J connectivity index is 1.04. The maximum Gasteiger partial charge on any atom is 0.314 e. The van der Waals surface area contributed by atoms with Crippen molar-refractivity contribution in [2.75, 3.05) is 26.2 Å². The van der Waals surface area contributed by atoms with Crippen molar-refractivity contribution in [1.29, 1.82) is 0 Å². The van der Waals surface area contributed by atoms with Crippen LogP contribution in [0.3, 0.4) is 0 Å². The fraction of sp³-hybridized carbons (Fsp3) is 0.194. The van der Waals surface area contributed by atoms with Crippen LogP contribution in [0.25, 0.3) is 22.3 Å². The van der Waals surface area contributed by atoms with Gasteiger partial charge in [-0.2, -0.15) is 9.13 Å². The molecule has 0 unspecified atom stereocenters. The van der Waals surface area contributed by atoms with E-state index in [1.165, 1.54) is 0 Å². The van der Waals surface area contributed by atoms with Gasteiger partial charge in [-0.25, -0.2) is 4.79 Å². The normalized spacial score (nSPS) is 10.4. The van der Waals surface area contributed by atoms with Crippen LogP contribution in [-0.4, -0.2) is 44.0 Å². The third kappa shape index (κ3) is 9.05. The van der Waals surface area contributed by atoms with Gasteiger partial charge in [0.2, 0.25) is 13.1 Å². The van der Waals surface area contributed by atoms with Crippen molar-refractivity contribution < 1.29 is 23.5 Å². The molecule has 2 aromatic heterocycles. The van der Waals surface area contributed by atoms with E-state index in [1.807, 2.05) is 110 Å². The van der Waals surface area contributed by atoms with Crippen LogP contribution in [0.15, 0.2) is 110 Å². The van der Waals surface area contributed by atoms with Crippen molar-refractivity contribution in [2.45, 2.75) is 13.1 Å². The number of hydrogen-bond acceptors (Lipinski definition) is 3. The first-order valence-corrected chi connectivity index (χ1v) is 13.2. The molecule has 0 aliphatic rings. The summed E-state index contributed by atoms with van der Waals surface area (Å²) < 4.78 is 3.60. The van der Waals surface area contributed by atoms with E-state index in [0.717, 1.165) is 22.3 Å². The van der Waals surface area contributed by atoms with Crippen LogP contribution < -0.4 is 30.4 Å². The van der Waals surface area contributed by atoms with Crippen molar-refractivity contribution >= 4 is 17.8 Å². The van der Waals surface area contributed by atoms with Crippen LogP contribution in [0.1, 0.15) is 0 Å². The van der Waals surface area contributed by atoms with Crippen LogP contribution >= 0.6 is 0 Å². The first kappa shape index (κ1) is 28.0. The molecule has 0 radical (unpaired) electrons. The fourth-order valence-corrected chi connectivity index (χ4v) is 4.03. The van der Waals surface area contributed by atoms with Gasteiger partial charge in [0.1, 0.15) is 0 Å². The van der Waals surface area contributed by atoms with Gasteiger partial charge < -0.3 is 21.3 Å². The molecule has 4 aromatic rings. The lowest BCUT2D eigenvalue weighted by Gasteiger charge is -2.08. The minimum Gasteiger partial charge on any atom is -0.349 e. The van der Waals surface area contributed by atoms with Crippen LogP contribution in [0.4, 0.5) is 4.79 Å². The number of nitrogens with one attached hydrogen (secondary N) is 4. The molecule has 4 amide bonds. The zero-order chi connectivity index (χ0) is 28.0. The second-order valence-electron chi connectivity index (χ2n) is 9.13. The minimum atomic E-state index is -0.361. The smallest absolute Gasteiger partial charge is 0.314 e. The summed E-state index contributed by atoms with van der Waals surface area (Å²) in [4.78, 5) is 36.4. The molecule has 2 aromatic carbocycles. The highest BCUT2D eigenvalue weighted by atomic mass is 16.2. The quantitative estimate of drug-likeness (QED) is 0.163. The number of nitrogens with zero attached hydrogens (tertiary/aromatic N) is 2. The average molecular weight is 539 g/mol. The Morgan fingerprint density at radius 3 is 1.15 bits per heavy atom. The van der Waals surface area contributed by atoms with Gasteiger partial charge in [-0.1, -0.05) is 60.7 Å². The molecule has 9 nitrogen and oxygen atoms in total. The Labute approximate surface area is 233 Å². The SMILES string of the molecule is O=C(C[n+]1ccc(-c2ccccc2)cc1)NCCNC(=O)NCCNC(=O)C[n+]1ccc(-c2ccccc2)cc1. The van der Waals surface area contributed by atoms with Gasteiger partial charge in [-0.15, -0.1) is 0 Å². The highest BCUT2D eigenvalue weighted by Crippen LogP contribution is 2.17. The lowest BCUT2D eigenvalue weighted by Crippen LogP contribution is -2.46. The number of rotatable bonds is 12. The summed E-state index contributed by atoms with van der Waals surface area (Å²) >= 11 is 0. The van der Waals surface area contributed by atoms with E-state index in [-0.39, 0.29) is 44.0 Å². The van der Waals surface area contributed by atoms with Gasteiger partial charge in [0.25, 0.3) is 11.8 Å². The Morgan fingerprint density at radius 1 is 0.450 bits per heavy atom. The van der Waals surface area contributed by atoms with Crippen LogP contribution in [0.5, 0.6) is 0 Å². The van der Waals surface area contributed by atoms with Gasteiger partial charge in [0.15, 0.2) is 24.8 Å². The zero-order valence-corrected chi connectivity index (χ0v) is 22.3. The maximum atomic E-state index is 12.2. The largest absolute Gasteiger partial charge is 0.349 e. The van der Waals surface area contributed by atoms with Crippen molar-refractivity contribution in [1.82, 2.24) is 21.3 Å². The van der Waals surface area contributed by atoms with Gasteiger partial charge in [0.05, 0.1) is 0 Å². The highest BCUT2D eigenvalue weighted by molar-refractivity contribution is 5.76. The summed E-state index contributed by atoms with van der Waals surface area (Å²) in [6, 6.07) is 27.6. The summed E-state index contributed by atoms with van der Waals surface area (Å²) in [5, 5.41) is 11.0. The van der Waals surface area contributed by atoms with E-state index in [1.54, 1.807) is 9.13 Å². The molecule has 0 aliphatic carbocycles. The number of carbonyl (C=O) groups is 3. The summed E-state index contributed by atoms with van der Waals surface area (Å²) in [6.07, 6.45) is 7.47. The molecule has 0 aliphatic heterocycles. The number of carbonyl (C=O) groups excluding carboxylic acids is 3. The molecular weight excluding hydrogens is 504 g/mol. The third-order valence-electron chi connectivity index (χ3n) is 6.11. The number of benzene rings is 2. The molecule has 0 bridgehead atoms. The zero-order valence-electron chi connectivity index (χ0n) is 22.3. The van der Waals surface area contributed by atoms with Crippen LogP contribution in [0.2, 0.25) is 0 Å². The number of aromatic nitrogens is 2. The second-order valence-corrected chi connectivity index (χ2v) is 9.13. The molecule has 0 spiro atoms. The van der Waals surface area contributed by atoms with E-state index < -0.39 is 0 Å². The lowest BCUT2D eigenvalue weighted by molar-refractivity contribution is -0.684. The summed E-state index contributed by atoms with van der Waals surface area (Å²) in [5.41, 5.74) is 4.41. The number of hydrogen-bond donors (Lipinski definition) is 4. The first-order chi connectivity index (χ1) is 19.6. The molecule has 0 saturated carbocycles. The molecular formula is C31H34N6O3+2. The molecule has 0 saturated heterocycles. The van der Waals surface area contributed by atoms with E-state index in [4.69, 9.17) is 0 Å². The Morgan fingerprint density at radius 2 is 0.775 bits per heavy atom. The standard InChI is InChI=1S/C31H32N6O3/c38-29(23-36-19-11-27(12-20-36)25-7-3-1-4-8-25)32-15-17-34-31(40)35-18-16-33-30(39)24-37-21-13-28(14-22-37)26-9-5-2-6-10-26/h1-14,19-22H,15-18,23-24H2,(H2-2,32,33,34,35,38,39,40)/p+2. The third-order valence-corrected chi connectivity index (χ3v) is 6.11. The summed E-state index contributed by atoms with van der Waals surface area (Å²) in [6.45, 7) is 1.58. The van der Waals surface area contributed by atoms with Gasteiger partial charge >= 0.3 is 6.03 Å². The van der Waals surface area contributed by atoms with E-state index >= 15 is 0 Å². The van der Waals surface area contributed by atoms with Crippen molar-refractivity contribution in [2.24, 2.45) is 0 Å². The highest BCUT2D eigenvalue weighted by Gasteiger charge is 2.11. The van der Waals surface area contributed by atoms with Crippen LogP contribution in [0, 0.1) is 0 Å². The van der Waals surface area contributed by atoms with Gasteiger partial charge in [-0.05, 0) is 22.3 Å². The van der Waals surface area contributed by atoms with Gasteiger partial charge in [0, 0.05) is 50.4 Å². The van der Waals surface area contributed by atoms with Crippen LogP contribution in [-0.2, 0) is 22.7 Å². The number of amides is 4. The van der Waals surface area contributed by atoms with Crippen molar-refractivity contribution in [3.63, 3.8) is 0 Å². The van der Waals surface area contributed by atoms with Gasteiger partial charge in [-0.3, -0.25) is 9.59 Å². The average Bonchev–Trinajstić information content (AvgIpc) is 2.99. The Hall–Kier alpha value is -5.05. The molecule has 4 rings (SSSR count). The number of urea groups is 1. The van der Waals surface area contributed by atoms with Crippen molar-refractivity contribution in [3.05, 3.63) is 110 Å². The van der Waals surface area contributed by atoms with E-state index in [2.05, 4.69) is 21.3 Å². The second kappa shape index (κ2) is 14.8. The summed E-state index contributed by atoms with van der Waals surface area (Å²) in [7, 11) is 0. The predicted molar refractivity (Wildman–Crippen MR) is 152 cm³/mol. The molecule has 0 fully saturated rings. The topological polar surface area (TPSA) is 107 Å². The molecule has 0 atom stereocenters. The first-order valence-electron chi connectivity index (χ1n) is 13.2. The fourth-order valence-electron chi connectivity index (χ4n) is 4.03. The minimum absolute atomic E-state index is 0.144. The van der Waals surface area contributed by atoms with E-state index in [0.29, 0.717) is 13.1 Å². The molecule has 204 valence electrons. The van der Waals surface area contributed by atoms with Crippen molar-refractivity contribution in [3.8, 4) is 22.3 Å². The lowest BCUT2D eigenvalue weighted by atomic mass is 10.1. The molecule has 9 heteroatoms. The van der Waals surface area contributed by atoms with E-state index in [9.17, 15) is 14.4 Å². The Bertz CT molecular complexity index is 1270.